The number of amides is 3. The van der Waals surface area contributed by atoms with Gasteiger partial charge in [0.15, 0.2) is 0 Å². The zero-order chi connectivity index (χ0) is 19.9. The Morgan fingerprint density at radius 1 is 1.30 bits per heavy atom. The summed E-state index contributed by atoms with van der Waals surface area (Å²) in [5, 5.41) is 4.44. The summed E-state index contributed by atoms with van der Waals surface area (Å²) in [6.45, 7) is 7.56. The lowest BCUT2D eigenvalue weighted by Gasteiger charge is -2.33. The van der Waals surface area contributed by atoms with Gasteiger partial charge in [-0.2, -0.15) is 0 Å². The van der Waals surface area contributed by atoms with E-state index in [1.165, 1.54) is 11.9 Å². The number of hydrogen-bond acceptors (Lipinski definition) is 6. The number of aryl methyl sites for hydroxylation is 2. The van der Waals surface area contributed by atoms with Crippen LogP contribution in [0.4, 0.5) is 4.79 Å². The maximum Gasteiger partial charge on any atom is 0.421 e. The number of rotatable bonds is 4. The van der Waals surface area contributed by atoms with Crippen molar-refractivity contribution in [2.45, 2.75) is 33.7 Å². The molecule has 0 aliphatic carbocycles. The number of hydrogen-bond donors (Lipinski definition) is 0. The number of likely N-dealkylation sites (N-methyl/N-ethyl adjacent to an activating group) is 2. The standard InChI is InChI=1S/C17H23N6O4/c1-6-21-13-14(18-16(21)23-11(4)8-10(3)19-23)20(5)17(26)22(15(13)25)9-12(24)27-7-2/h8,13H,6-7,9H2,1-5H3/q+1. The average molecular weight is 375 g/mol. The maximum atomic E-state index is 13.0. The van der Waals surface area contributed by atoms with Gasteiger partial charge in [0.2, 0.25) is 11.9 Å². The Bertz CT molecular complexity index is 884. The molecule has 1 saturated heterocycles. The van der Waals surface area contributed by atoms with Gasteiger partial charge in [-0.1, -0.05) is 4.99 Å². The Morgan fingerprint density at radius 2 is 2.00 bits per heavy atom. The van der Waals surface area contributed by atoms with Crippen LogP contribution in [0.25, 0.3) is 0 Å². The first-order chi connectivity index (χ1) is 12.8. The quantitative estimate of drug-likeness (QED) is 0.544. The van der Waals surface area contributed by atoms with Crippen molar-refractivity contribution in [3.05, 3.63) is 17.5 Å². The van der Waals surface area contributed by atoms with Crippen molar-refractivity contribution >= 4 is 29.7 Å². The third-order valence-electron chi connectivity index (χ3n) is 4.52. The molecule has 0 saturated carbocycles. The van der Waals surface area contributed by atoms with Crippen LogP contribution in [0.15, 0.2) is 11.1 Å². The maximum absolute atomic E-state index is 13.0. The highest BCUT2D eigenvalue weighted by Crippen LogP contribution is 2.21. The van der Waals surface area contributed by atoms with Crippen LogP contribution in [-0.4, -0.2) is 86.6 Å². The van der Waals surface area contributed by atoms with Crippen LogP contribution in [0, 0.1) is 13.8 Å². The summed E-state index contributed by atoms with van der Waals surface area (Å²) in [6.07, 6.45) is 0. The van der Waals surface area contributed by atoms with Gasteiger partial charge in [-0.15, -0.1) is 9.78 Å². The molecule has 3 rings (SSSR count). The molecule has 0 spiro atoms. The van der Waals surface area contributed by atoms with Gasteiger partial charge >= 0.3 is 18.0 Å². The van der Waals surface area contributed by atoms with E-state index in [1.54, 1.807) is 16.2 Å². The molecule has 2 aliphatic rings. The number of carbonyl (C=O) groups excluding carboxylic acids is 3. The zero-order valence-corrected chi connectivity index (χ0v) is 16.1. The van der Waals surface area contributed by atoms with E-state index in [0.717, 1.165) is 16.3 Å². The van der Waals surface area contributed by atoms with Gasteiger partial charge in [-0.3, -0.25) is 14.5 Å². The number of esters is 1. The van der Waals surface area contributed by atoms with E-state index in [-0.39, 0.29) is 6.61 Å². The molecule has 0 radical (unpaired) electrons. The molecule has 1 unspecified atom stereocenters. The molecule has 1 atom stereocenters. The predicted molar refractivity (Wildman–Crippen MR) is 95.6 cm³/mol. The molecular formula is C17H23N6O4+. The molecule has 3 heterocycles. The SMILES string of the molecule is CCOC(=O)CN1C(=O)C2C(=NC(n3nc(C)cc3C)=[N+]2CC)N(C)C1=O. The van der Waals surface area contributed by atoms with Crippen molar-refractivity contribution in [1.29, 1.82) is 0 Å². The number of aromatic nitrogens is 2. The highest BCUT2D eigenvalue weighted by Gasteiger charge is 2.53. The summed E-state index contributed by atoms with van der Waals surface area (Å²) in [5.74, 6) is -0.316. The number of carbonyl (C=O) groups is 3. The Hall–Kier alpha value is -3.04. The molecule has 1 fully saturated rings. The molecule has 2 aliphatic heterocycles. The van der Waals surface area contributed by atoms with E-state index in [2.05, 4.69) is 10.1 Å². The van der Waals surface area contributed by atoms with Crippen molar-refractivity contribution < 1.29 is 23.7 Å². The van der Waals surface area contributed by atoms with E-state index in [9.17, 15) is 14.4 Å². The van der Waals surface area contributed by atoms with Gasteiger partial charge in [0.05, 0.1) is 18.8 Å². The highest BCUT2D eigenvalue weighted by atomic mass is 16.5. The van der Waals surface area contributed by atoms with Crippen molar-refractivity contribution in [2.75, 3.05) is 26.7 Å². The third kappa shape index (κ3) is 3.00. The second kappa shape index (κ2) is 6.93. The summed E-state index contributed by atoms with van der Waals surface area (Å²) in [5.41, 5.74) is 1.69. The number of amidine groups is 1. The minimum absolute atomic E-state index is 0.179. The minimum Gasteiger partial charge on any atom is -0.465 e. The normalized spacial score (nSPS) is 19.6. The van der Waals surface area contributed by atoms with E-state index < -0.39 is 30.5 Å². The summed E-state index contributed by atoms with van der Waals surface area (Å²) >= 11 is 0. The third-order valence-corrected chi connectivity index (χ3v) is 4.52. The van der Waals surface area contributed by atoms with E-state index >= 15 is 0 Å². The summed E-state index contributed by atoms with van der Waals surface area (Å²) in [4.78, 5) is 44.2. The number of aliphatic imine (C=N–C) groups is 1. The van der Waals surface area contributed by atoms with Crippen LogP contribution >= 0.6 is 0 Å². The van der Waals surface area contributed by atoms with Gasteiger partial charge in [-0.25, -0.2) is 14.3 Å². The van der Waals surface area contributed by atoms with E-state index in [1.807, 2.05) is 26.8 Å². The first kappa shape index (κ1) is 18.7. The van der Waals surface area contributed by atoms with Crippen molar-refractivity contribution in [3.8, 4) is 0 Å². The van der Waals surface area contributed by atoms with Crippen LogP contribution in [0.3, 0.4) is 0 Å². The van der Waals surface area contributed by atoms with Crippen molar-refractivity contribution in [2.24, 2.45) is 4.99 Å². The predicted octanol–water partition coefficient (Wildman–Crippen LogP) is -0.0258. The Kier molecular flexibility index (Phi) is 4.81. The Labute approximate surface area is 156 Å². The number of imide groups is 1. The lowest BCUT2D eigenvalue weighted by atomic mass is 10.1. The Balaban J connectivity index is 2.03. The van der Waals surface area contributed by atoms with Crippen LogP contribution in [0.5, 0.6) is 0 Å². The molecule has 1 aromatic heterocycles. The molecular weight excluding hydrogens is 352 g/mol. The topological polar surface area (TPSA) is 100 Å². The number of fused-ring (bicyclic) bond motifs is 1. The smallest absolute Gasteiger partial charge is 0.421 e. The number of ether oxygens (including phenoxy) is 1. The fraction of sp³-hybridized carbons (Fsp3) is 0.529. The van der Waals surface area contributed by atoms with Crippen molar-refractivity contribution in [3.63, 3.8) is 0 Å². The second-order valence-corrected chi connectivity index (χ2v) is 6.37. The van der Waals surface area contributed by atoms with Gasteiger partial charge in [0, 0.05) is 7.05 Å². The largest absolute Gasteiger partial charge is 0.465 e. The first-order valence-corrected chi connectivity index (χ1v) is 8.80. The molecule has 3 amide bonds. The van der Waals surface area contributed by atoms with Crippen LogP contribution in [-0.2, 0) is 14.3 Å². The first-order valence-electron chi connectivity index (χ1n) is 8.80. The van der Waals surface area contributed by atoms with E-state index in [4.69, 9.17) is 4.74 Å². The fourth-order valence-corrected chi connectivity index (χ4v) is 3.31. The lowest BCUT2D eigenvalue weighted by Crippen LogP contribution is -2.63. The number of nitrogens with zero attached hydrogens (tertiary/aromatic N) is 6. The summed E-state index contributed by atoms with van der Waals surface area (Å²) < 4.78 is 8.32. The van der Waals surface area contributed by atoms with Gasteiger partial charge in [0.25, 0.3) is 5.91 Å². The van der Waals surface area contributed by atoms with Crippen LogP contribution < -0.4 is 0 Å². The summed E-state index contributed by atoms with van der Waals surface area (Å²) in [7, 11) is 1.54. The van der Waals surface area contributed by atoms with Gasteiger partial charge < -0.3 is 4.74 Å². The second-order valence-electron chi connectivity index (χ2n) is 6.37. The van der Waals surface area contributed by atoms with Crippen LogP contribution in [0.1, 0.15) is 25.2 Å². The fourth-order valence-electron chi connectivity index (χ4n) is 3.31. The molecule has 0 bridgehead atoms. The molecule has 10 heteroatoms. The highest BCUT2D eigenvalue weighted by molar-refractivity contribution is 6.23. The number of urea groups is 1. The molecule has 1 aromatic rings. The minimum atomic E-state index is -0.786. The molecule has 27 heavy (non-hydrogen) atoms. The molecule has 0 aromatic carbocycles. The molecule has 144 valence electrons. The van der Waals surface area contributed by atoms with Crippen LogP contribution in [0.2, 0.25) is 0 Å². The van der Waals surface area contributed by atoms with E-state index in [0.29, 0.717) is 18.3 Å². The van der Waals surface area contributed by atoms with Crippen molar-refractivity contribution in [1.82, 2.24) is 19.6 Å². The monoisotopic (exact) mass is 375 g/mol. The van der Waals surface area contributed by atoms with Gasteiger partial charge in [-0.05, 0) is 33.8 Å². The van der Waals surface area contributed by atoms with Gasteiger partial charge in [0.1, 0.15) is 12.2 Å². The lowest BCUT2D eigenvalue weighted by molar-refractivity contribution is -0.534. The zero-order valence-electron chi connectivity index (χ0n) is 16.1. The summed E-state index contributed by atoms with van der Waals surface area (Å²) in [6, 6.07) is 0.520. The Morgan fingerprint density at radius 3 is 2.56 bits per heavy atom. The molecule has 0 N–H and O–H groups in total. The molecule has 10 nitrogen and oxygen atoms in total. The average Bonchev–Trinajstić information content (AvgIpc) is 3.16.